The van der Waals surface area contributed by atoms with Gasteiger partial charge in [-0.25, -0.2) is 0 Å². The Bertz CT molecular complexity index is 265. The summed E-state index contributed by atoms with van der Waals surface area (Å²) < 4.78 is 5.20. The lowest BCUT2D eigenvalue weighted by atomic mass is 10.0. The third kappa shape index (κ3) is 3.08. The molecule has 0 spiro atoms. The maximum absolute atomic E-state index is 9.88. The van der Waals surface area contributed by atoms with Crippen LogP contribution in [0.5, 0.6) is 0 Å². The molecule has 1 aromatic rings. The Hall–Kier alpha value is -0.800. The van der Waals surface area contributed by atoms with Gasteiger partial charge in [0.25, 0.3) is 0 Å². The van der Waals surface area contributed by atoms with Gasteiger partial charge in [-0.15, -0.1) is 0 Å². The minimum absolute atomic E-state index is 0.192. The second-order valence-electron chi connectivity index (χ2n) is 4.32. The fourth-order valence-corrected chi connectivity index (χ4v) is 2.27. The van der Waals surface area contributed by atoms with E-state index in [0.29, 0.717) is 19.0 Å². The van der Waals surface area contributed by atoms with E-state index in [9.17, 15) is 5.11 Å². The molecule has 0 aliphatic heterocycles. The van der Waals surface area contributed by atoms with Crippen molar-refractivity contribution in [1.29, 1.82) is 0 Å². The molecule has 1 saturated carbocycles. The summed E-state index contributed by atoms with van der Waals surface area (Å²) in [4.78, 5) is 0. The van der Waals surface area contributed by atoms with Crippen molar-refractivity contribution in [3.63, 3.8) is 0 Å². The van der Waals surface area contributed by atoms with Crippen LogP contribution in [0.4, 0.5) is 0 Å². The van der Waals surface area contributed by atoms with Gasteiger partial charge >= 0.3 is 0 Å². The number of hydrogen-bond acceptors (Lipinski definition) is 3. The van der Waals surface area contributed by atoms with E-state index in [4.69, 9.17) is 4.42 Å². The molecular formula is C12H19NO2. The lowest BCUT2D eigenvalue weighted by molar-refractivity contribution is 0.108. The van der Waals surface area contributed by atoms with Gasteiger partial charge in [0, 0.05) is 6.54 Å². The van der Waals surface area contributed by atoms with E-state index in [1.807, 2.05) is 12.1 Å². The summed E-state index contributed by atoms with van der Waals surface area (Å²) in [5.74, 6) is 1.43. The Morgan fingerprint density at radius 3 is 2.93 bits per heavy atom. The van der Waals surface area contributed by atoms with Gasteiger partial charge in [0.15, 0.2) is 0 Å². The second-order valence-corrected chi connectivity index (χ2v) is 4.32. The summed E-state index contributed by atoms with van der Waals surface area (Å²) in [6, 6.07) is 3.82. The van der Waals surface area contributed by atoms with Crippen LogP contribution in [-0.2, 0) is 6.54 Å². The monoisotopic (exact) mass is 209 g/mol. The van der Waals surface area contributed by atoms with E-state index in [1.54, 1.807) is 6.26 Å². The average molecular weight is 209 g/mol. The highest BCUT2D eigenvalue weighted by Gasteiger charge is 2.22. The molecule has 0 aromatic carbocycles. The molecule has 0 bridgehead atoms. The van der Waals surface area contributed by atoms with Crippen molar-refractivity contribution >= 4 is 0 Å². The first-order chi connectivity index (χ1) is 7.36. The second kappa shape index (κ2) is 5.33. The summed E-state index contributed by atoms with van der Waals surface area (Å²) >= 11 is 0. The molecule has 15 heavy (non-hydrogen) atoms. The molecule has 84 valence electrons. The average Bonchev–Trinajstić information content (AvgIpc) is 2.90. The van der Waals surface area contributed by atoms with Gasteiger partial charge in [-0.3, -0.25) is 0 Å². The minimum Gasteiger partial charge on any atom is -0.468 e. The molecule has 0 radical (unpaired) electrons. The number of nitrogens with one attached hydrogen (secondary N) is 1. The summed E-state index contributed by atoms with van der Waals surface area (Å²) in [5.41, 5.74) is 0. The molecule has 2 rings (SSSR count). The predicted molar refractivity (Wildman–Crippen MR) is 58.4 cm³/mol. The predicted octanol–water partition coefficient (Wildman–Crippen LogP) is 1.92. The zero-order valence-electron chi connectivity index (χ0n) is 8.98. The first-order valence-electron chi connectivity index (χ1n) is 5.77. The summed E-state index contributed by atoms with van der Waals surface area (Å²) in [7, 11) is 0. The van der Waals surface area contributed by atoms with Crippen LogP contribution in [0, 0.1) is 5.92 Å². The lowest BCUT2D eigenvalue weighted by Crippen LogP contribution is -2.31. The molecular weight excluding hydrogens is 190 g/mol. The van der Waals surface area contributed by atoms with Crippen LogP contribution in [0.2, 0.25) is 0 Å². The van der Waals surface area contributed by atoms with E-state index in [0.717, 1.165) is 5.76 Å². The molecule has 1 fully saturated rings. The summed E-state index contributed by atoms with van der Waals surface area (Å²) in [6.07, 6.45) is 6.40. The lowest BCUT2D eigenvalue weighted by Gasteiger charge is -2.17. The van der Waals surface area contributed by atoms with Crippen molar-refractivity contribution in [1.82, 2.24) is 5.32 Å². The number of rotatable bonds is 5. The summed E-state index contributed by atoms with van der Waals surface area (Å²) in [5, 5.41) is 13.1. The SMILES string of the molecule is OC(CNCc1ccco1)C1CCCC1. The molecule has 3 nitrogen and oxygen atoms in total. The van der Waals surface area contributed by atoms with Crippen molar-refractivity contribution < 1.29 is 9.52 Å². The number of furan rings is 1. The summed E-state index contributed by atoms with van der Waals surface area (Å²) in [6.45, 7) is 1.38. The van der Waals surface area contributed by atoms with Gasteiger partial charge in [-0.1, -0.05) is 12.8 Å². The maximum Gasteiger partial charge on any atom is 0.117 e. The minimum atomic E-state index is -0.192. The van der Waals surface area contributed by atoms with Crippen LogP contribution in [0.3, 0.4) is 0 Å². The zero-order chi connectivity index (χ0) is 10.5. The first kappa shape index (κ1) is 10.7. The highest BCUT2D eigenvalue weighted by atomic mass is 16.3. The van der Waals surface area contributed by atoms with E-state index >= 15 is 0 Å². The molecule has 1 aliphatic rings. The number of aliphatic hydroxyl groups is 1. The highest BCUT2D eigenvalue weighted by molar-refractivity contribution is 4.97. The van der Waals surface area contributed by atoms with Gasteiger partial charge in [0.2, 0.25) is 0 Å². The van der Waals surface area contributed by atoms with E-state index in [-0.39, 0.29) is 6.10 Å². The Morgan fingerprint density at radius 1 is 1.47 bits per heavy atom. The molecule has 1 aromatic heterocycles. The number of hydrogen-bond donors (Lipinski definition) is 2. The third-order valence-corrected chi connectivity index (χ3v) is 3.18. The highest BCUT2D eigenvalue weighted by Crippen LogP contribution is 2.27. The van der Waals surface area contributed by atoms with Gasteiger partial charge in [0.1, 0.15) is 5.76 Å². The van der Waals surface area contributed by atoms with Crippen LogP contribution in [0.1, 0.15) is 31.4 Å². The van der Waals surface area contributed by atoms with E-state index in [2.05, 4.69) is 5.32 Å². The van der Waals surface area contributed by atoms with Gasteiger partial charge in [-0.2, -0.15) is 0 Å². The first-order valence-corrected chi connectivity index (χ1v) is 5.77. The standard InChI is InChI=1S/C12H19NO2/c14-12(10-4-1-2-5-10)9-13-8-11-6-3-7-15-11/h3,6-7,10,12-14H,1-2,4-5,8-9H2. The molecule has 1 unspecified atom stereocenters. The molecule has 3 heteroatoms. The smallest absolute Gasteiger partial charge is 0.117 e. The van der Waals surface area contributed by atoms with Crippen molar-refractivity contribution in [3.8, 4) is 0 Å². The van der Waals surface area contributed by atoms with E-state index in [1.165, 1.54) is 25.7 Å². The van der Waals surface area contributed by atoms with Crippen molar-refractivity contribution in [3.05, 3.63) is 24.2 Å². The van der Waals surface area contributed by atoms with Crippen molar-refractivity contribution in [2.75, 3.05) is 6.54 Å². The zero-order valence-corrected chi connectivity index (χ0v) is 8.98. The Morgan fingerprint density at radius 2 is 2.27 bits per heavy atom. The van der Waals surface area contributed by atoms with Gasteiger partial charge in [-0.05, 0) is 30.9 Å². The third-order valence-electron chi connectivity index (χ3n) is 3.18. The van der Waals surface area contributed by atoms with Gasteiger partial charge in [0.05, 0.1) is 18.9 Å². The molecule has 2 N–H and O–H groups in total. The maximum atomic E-state index is 9.88. The molecule has 0 saturated heterocycles. The van der Waals surface area contributed by atoms with Crippen LogP contribution in [0.15, 0.2) is 22.8 Å². The van der Waals surface area contributed by atoms with E-state index < -0.39 is 0 Å². The molecule has 1 heterocycles. The van der Waals surface area contributed by atoms with Crippen LogP contribution in [0.25, 0.3) is 0 Å². The normalized spacial score (nSPS) is 19.5. The van der Waals surface area contributed by atoms with Crippen LogP contribution < -0.4 is 5.32 Å². The topological polar surface area (TPSA) is 45.4 Å². The quantitative estimate of drug-likeness (QED) is 0.778. The fraction of sp³-hybridized carbons (Fsp3) is 0.667. The number of aliphatic hydroxyl groups excluding tert-OH is 1. The molecule has 0 amide bonds. The largest absolute Gasteiger partial charge is 0.468 e. The van der Waals surface area contributed by atoms with Crippen LogP contribution >= 0.6 is 0 Å². The van der Waals surface area contributed by atoms with Crippen molar-refractivity contribution in [2.24, 2.45) is 5.92 Å². The Balaban J connectivity index is 1.64. The fourth-order valence-electron chi connectivity index (χ4n) is 2.27. The van der Waals surface area contributed by atoms with Crippen LogP contribution in [-0.4, -0.2) is 17.8 Å². The Kier molecular flexibility index (Phi) is 3.80. The van der Waals surface area contributed by atoms with Crippen molar-refractivity contribution in [2.45, 2.75) is 38.3 Å². The van der Waals surface area contributed by atoms with Gasteiger partial charge < -0.3 is 14.8 Å². The Labute approximate surface area is 90.5 Å². The molecule has 1 atom stereocenters. The molecule has 1 aliphatic carbocycles.